The molecule has 0 radical (unpaired) electrons. The molecule has 0 N–H and O–H groups in total. The van der Waals surface area contributed by atoms with Crippen LogP contribution < -0.4 is 0 Å². The standard InChI is InChI=1S/C17H23F3O7S/c1-15-7-8-16(25-9-10-26-16)12(4-6-14(21)24-2)11(15)3-5-13(15)27-28(22,23)17(18,19)20/h5,11-12H,3-4,6-10H2,1-2H3/t11-,12-,15-/m0/s1. The maximum Gasteiger partial charge on any atom is 0.534 e. The van der Waals surface area contributed by atoms with Gasteiger partial charge in [-0.2, -0.15) is 21.6 Å². The Balaban J connectivity index is 1.86. The van der Waals surface area contributed by atoms with E-state index in [9.17, 15) is 26.4 Å². The fraction of sp³-hybridized carbons (Fsp3) is 0.824. The van der Waals surface area contributed by atoms with Crippen LogP contribution in [-0.2, 0) is 33.3 Å². The van der Waals surface area contributed by atoms with Crippen molar-refractivity contribution < 1.29 is 44.8 Å². The predicted octanol–water partition coefficient (Wildman–Crippen LogP) is 2.87. The molecule has 3 rings (SSSR count). The number of allylic oxidation sites excluding steroid dienone is 2. The largest absolute Gasteiger partial charge is 0.534 e. The van der Waals surface area contributed by atoms with Gasteiger partial charge in [0.2, 0.25) is 0 Å². The second kappa shape index (κ2) is 7.17. The van der Waals surface area contributed by atoms with Crippen molar-refractivity contribution in [3.63, 3.8) is 0 Å². The minimum absolute atomic E-state index is 0.0965. The van der Waals surface area contributed by atoms with Crippen LogP contribution in [0.5, 0.6) is 0 Å². The SMILES string of the molecule is COC(=O)CC[C@H]1[C@@H]2CC=C(OS(=O)(=O)C(F)(F)F)[C@@]2(C)CCC12OCCO2. The number of hydrogen-bond donors (Lipinski definition) is 0. The van der Waals surface area contributed by atoms with E-state index < -0.39 is 32.8 Å². The number of alkyl halides is 3. The molecule has 1 heterocycles. The van der Waals surface area contributed by atoms with Crippen LogP contribution in [0.3, 0.4) is 0 Å². The van der Waals surface area contributed by atoms with E-state index in [1.165, 1.54) is 13.2 Å². The molecule has 3 atom stereocenters. The maximum absolute atomic E-state index is 12.8. The summed E-state index contributed by atoms with van der Waals surface area (Å²) >= 11 is 0. The highest BCUT2D eigenvalue weighted by molar-refractivity contribution is 7.87. The molecule has 1 saturated carbocycles. The third kappa shape index (κ3) is 3.52. The maximum atomic E-state index is 12.8. The number of ether oxygens (including phenoxy) is 3. The van der Waals surface area contributed by atoms with Gasteiger partial charge in [0.15, 0.2) is 5.79 Å². The lowest BCUT2D eigenvalue weighted by molar-refractivity contribution is -0.243. The molecule has 1 aliphatic heterocycles. The molecule has 3 aliphatic rings. The summed E-state index contributed by atoms with van der Waals surface area (Å²) in [6.07, 6.45) is 2.84. The number of methoxy groups -OCH3 is 1. The van der Waals surface area contributed by atoms with Gasteiger partial charge in [0.25, 0.3) is 0 Å². The first kappa shape index (κ1) is 21.4. The molecule has 0 aromatic carbocycles. The number of carbonyl (C=O) groups is 1. The summed E-state index contributed by atoms with van der Waals surface area (Å²) < 4.78 is 82.3. The summed E-state index contributed by atoms with van der Waals surface area (Å²) in [6, 6.07) is 0. The Hall–Kier alpha value is -1.33. The minimum Gasteiger partial charge on any atom is -0.469 e. The van der Waals surface area contributed by atoms with Crippen molar-refractivity contribution in [2.75, 3.05) is 20.3 Å². The minimum atomic E-state index is -5.75. The van der Waals surface area contributed by atoms with Crippen LogP contribution in [0.15, 0.2) is 11.8 Å². The Labute approximate surface area is 161 Å². The van der Waals surface area contributed by atoms with Crippen LogP contribution in [0, 0.1) is 17.3 Å². The molecule has 7 nitrogen and oxygen atoms in total. The zero-order valence-corrected chi connectivity index (χ0v) is 16.4. The van der Waals surface area contributed by atoms with Crippen molar-refractivity contribution in [1.29, 1.82) is 0 Å². The van der Waals surface area contributed by atoms with Gasteiger partial charge >= 0.3 is 21.6 Å². The summed E-state index contributed by atoms with van der Waals surface area (Å²) in [5.41, 5.74) is -6.43. The van der Waals surface area contributed by atoms with Crippen LogP contribution in [-0.4, -0.2) is 46.0 Å². The van der Waals surface area contributed by atoms with Crippen LogP contribution in [0.1, 0.15) is 39.0 Å². The van der Waals surface area contributed by atoms with Gasteiger partial charge < -0.3 is 18.4 Å². The summed E-state index contributed by atoms with van der Waals surface area (Å²) in [5.74, 6) is -2.15. The lowest BCUT2D eigenvalue weighted by Crippen LogP contribution is -2.52. The number of carbonyl (C=O) groups excluding carboxylic acids is 1. The first-order chi connectivity index (χ1) is 13.0. The average molecular weight is 428 g/mol. The van der Waals surface area contributed by atoms with Crippen molar-refractivity contribution in [2.24, 2.45) is 17.3 Å². The molecule has 0 bridgehead atoms. The monoisotopic (exact) mass is 428 g/mol. The Morgan fingerprint density at radius 3 is 2.50 bits per heavy atom. The number of hydrogen-bond acceptors (Lipinski definition) is 7. The zero-order chi connectivity index (χ0) is 20.8. The second-order valence-corrected chi connectivity index (χ2v) is 9.08. The molecular formula is C17H23F3O7S. The molecule has 2 fully saturated rings. The highest BCUT2D eigenvalue weighted by Crippen LogP contribution is 2.61. The van der Waals surface area contributed by atoms with Gasteiger partial charge in [-0.15, -0.1) is 0 Å². The fourth-order valence-electron chi connectivity index (χ4n) is 4.67. The predicted molar refractivity (Wildman–Crippen MR) is 89.0 cm³/mol. The molecule has 1 spiro atoms. The van der Waals surface area contributed by atoms with E-state index in [1.54, 1.807) is 6.92 Å². The van der Waals surface area contributed by atoms with E-state index in [1.807, 2.05) is 0 Å². The summed E-state index contributed by atoms with van der Waals surface area (Å²) in [4.78, 5) is 11.6. The number of halogens is 3. The molecule has 0 aromatic rings. The highest BCUT2D eigenvalue weighted by Gasteiger charge is 2.61. The van der Waals surface area contributed by atoms with Gasteiger partial charge in [-0.25, -0.2) is 0 Å². The van der Waals surface area contributed by atoms with Crippen LogP contribution in [0.2, 0.25) is 0 Å². The summed E-state index contributed by atoms with van der Waals surface area (Å²) in [6.45, 7) is 2.46. The number of fused-ring (bicyclic) bond motifs is 1. The van der Waals surface area contributed by atoms with Crippen molar-refractivity contribution in [3.8, 4) is 0 Å². The van der Waals surface area contributed by atoms with E-state index in [2.05, 4.69) is 4.18 Å². The number of rotatable bonds is 5. The molecule has 2 aliphatic carbocycles. The van der Waals surface area contributed by atoms with E-state index in [4.69, 9.17) is 14.2 Å². The summed E-state index contributed by atoms with van der Waals surface area (Å²) in [7, 11) is -4.47. The van der Waals surface area contributed by atoms with E-state index in [0.717, 1.165) is 0 Å². The quantitative estimate of drug-likeness (QED) is 0.378. The van der Waals surface area contributed by atoms with Crippen LogP contribution in [0.25, 0.3) is 0 Å². The molecule has 1 saturated heterocycles. The number of esters is 1. The average Bonchev–Trinajstić information content (AvgIpc) is 3.20. The van der Waals surface area contributed by atoms with Crippen molar-refractivity contribution >= 4 is 16.1 Å². The van der Waals surface area contributed by atoms with Crippen molar-refractivity contribution in [3.05, 3.63) is 11.8 Å². The molecule has 160 valence electrons. The third-order valence-corrected chi connectivity index (χ3v) is 7.09. The molecule has 0 unspecified atom stereocenters. The normalized spacial score (nSPS) is 32.1. The van der Waals surface area contributed by atoms with Crippen LogP contribution >= 0.6 is 0 Å². The van der Waals surface area contributed by atoms with Gasteiger partial charge in [0.1, 0.15) is 5.76 Å². The highest BCUT2D eigenvalue weighted by atomic mass is 32.2. The van der Waals surface area contributed by atoms with Gasteiger partial charge in [-0.05, 0) is 31.3 Å². The lowest BCUT2D eigenvalue weighted by Gasteiger charge is -2.50. The molecular weight excluding hydrogens is 405 g/mol. The molecule has 0 aromatic heterocycles. The Bertz CT molecular complexity index is 755. The van der Waals surface area contributed by atoms with E-state index >= 15 is 0 Å². The topological polar surface area (TPSA) is 88.1 Å². The zero-order valence-electron chi connectivity index (χ0n) is 15.6. The Kier molecular flexibility index (Phi) is 5.48. The molecule has 28 heavy (non-hydrogen) atoms. The first-order valence-electron chi connectivity index (χ1n) is 9.01. The Morgan fingerprint density at radius 1 is 1.29 bits per heavy atom. The van der Waals surface area contributed by atoms with E-state index in [0.29, 0.717) is 38.9 Å². The van der Waals surface area contributed by atoms with Crippen molar-refractivity contribution in [2.45, 2.75) is 50.3 Å². The first-order valence-corrected chi connectivity index (χ1v) is 10.4. The van der Waals surface area contributed by atoms with Gasteiger partial charge in [-0.1, -0.05) is 6.92 Å². The summed E-state index contributed by atoms with van der Waals surface area (Å²) in [5, 5.41) is 0. The third-order valence-electron chi connectivity index (χ3n) is 6.13. The molecule has 0 amide bonds. The fourth-order valence-corrected chi connectivity index (χ4v) is 5.26. The Morgan fingerprint density at radius 2 is 1.93 bits per heavy atom. The van der Waals surface area contributed by atoms with Gasteiger partial charge in [-0.3, -0.25) is 4.79 Å². The van der Waals surface area contributed by atoms with Gasteiger partial charge in [0.05, 0.1) is 20.3 Å². The van der Waals surface area contributed by atoms with Gasteiger partial charge in [0, 0.05) is 24.2 Å². The van der Waals surface area contributed by atoms with Crippen LogP contribution in [0.4, 0.5) is 13.2 Å². The lowest BCUT2D eigenvalue weighted by atomic mass is 9.60. The smallest absolute Gasteiger partial charge is 0.469 e. The second-order valence-electron chi connectivity index (χ2n) is 7.54. The van der Waals surface area contributed by atoms with Crippen molar-refractivity contribution in [1.82, 2.24) is 0 Å². The van der Waals surface area contributed by atoms with E-state index in [-0.39, 0.29) is 24.0 Å². The molecule has 11 heteroatoms.